The molecule has 0 aliphatic heterocycles. The number of unbranched alkanes of at least 4 members (excludes halogenated alkanes) is 27. The van der Waals surface area contributed by atoms with Crippen LogP contribution in [-0.4, -0.2) is 37.2 Å². The molecule has 0 saturated heterocycles. The van der Waals surface area contributed by atoms with Gasteiger partial charge in [0.1, 0.15) is 13.2 Å². The van der Waals surface area contributed by atoms with Crippen molar-refractivity contribution in [1.82, 2.24) is 0 Å². The third-order valence-electron chi connectivity index (χ3n) is 10.6. The second-order valence-corrected chi connectivity index (χ2v) is 16.4. The predicted molar refractivity (Wildman–Crippen MR) is 242 cm³/mol. The molecule has 0 amide bonds. The molecule has 0 aliphatic rings. The fourth-order valence-electron chi connectivity index (χ4n) is 6.86. The first-order valence-corrected chi connectivity index (χ1v) is 24.5. The second kappa shape index (κ2) is 46.3. The van der Waals surface area contributed by atoms with Crippen molar-refractivity contribution < 1.29 is 28.6 Å². The Morgan fingerprint density at radius 1 is 0.351 bits per heavy atom. The van der Waals surface area contributed by atoms with E-state index in [1.54, 1.807) is 0 Å². The number of allylic oxidation sites excluding steroid dienone is 6. The van der Waals surface area contributed by atoms with Gasteiger partial charge in [-0.3, -0.25) is 14.4 Å². The number of hydrogen-bond donors (Lipinski definition) is 0. The van der Waals surface area contributed by atoms with E-state index in [0.29, 0.717) is 19.3 Å². The van der Waals surface area contributed by atoms with E-state index in [-0.39, 0.29) is 31.1 Å². The second-order valence-electron chi connectivity index (χ2n) is 16.4. The quantitative estimate of drug-likeness (QED) is 0.0264. The van der Waals surface area contributed by atoms with Gasteiger partial charge in [0.2, 0.25) is 0 Å². The molecule has 6 nitrogen and oxygen atoms in total. The van der Waals surface area contributed by atoms with E-state index in [2.05, 4.69) is 57.2 Å². The van der Waals surface area contributed by atoms with Crippen LogP contribution in [0.15, 0.2) is 36.5 Å². The van der Waals surface area contributed by atoms with E-state index in [1.165, 1.54) is 128 Å². The van der Waals surface area contributed by atoms with Crippen molar-refractivity contribution in [3.63, 3.8) is 0 Å². The summed E-state index contributed by atoms with van der Waals surface area (Å²) in [6.07, 6.45) is 52.7. The predicted octanol–water partition coefficient (Wildman–Crippen LogP) is 15.8. The fourth-order valence-corrected chi connectivity index (χ4v) is 6.86. The minimum atomic E-state index is -0.774. The van der Waals surface area contributed by atoms with Crippen molar-refractivity contribution in [3.8, 4) is 0 Å². The summed E-state index contributed by atoms with van der Waals surface area (Å²) in [5, 5.41) is 0. The fraction of sp³-hybridized carbons (Fsp3) is 0.824. The third kappa shape index (κ3) is 44.6. The topological polar surface area (TPSA) is 78.9 Å². The number of hydrogen-bond acceptors (Lipinski definition) is 6. The van der Waals surface area contributed by atoms with Gasteiger partial charge in [0.25, 0.3) is 0 Å². The van der Waals surface area contributed by atoms with Gasteiger partial charge in [-0.25, -0.2) is 0 Å². The van der Waals surface area contributed by atoms with Crippen molar-refractivity contribution >= 4 is 17.9 Å². The van der Waals surface area contributed by atoms with E-state index in [1.807, 2.05) is 0 Å². The molecule has 332 valence electrons. The molecule has 0 fully saturated rings. The summed E-state index contributed by atoms with van der Waals surface area (Å²) in [4.78, 5) is 37.8. The molecule has 0 aromatic rings. The van der Waals surface area contributed by atoms with Gasteiger partial charge < -0.3 is 14.2 Å². The average molecular weight is 801 g/mol. The molecule has 0 N–H and O–H groups in total. The van der Waals surface area contributed by atoms with Gasteiger partial charge in [-0.15, -0.1) is 0 Å². The van der Waals surface area contributed by atoms with E-state index >= 15 is 0 Å². The number of carbonyl (C=O) groups is 3. The van der Waals surface area contributed by atoms with Gasteiger partial charge in [-0.2, -0.15) is 0 Å². The Kier molecular flexibility index (Phi) is 44.4. The van der Waals surface area contributed by atoms with Crippen LogP contribution >= 0.6 is 0 Å². The Labute approximate surface area is 353 Å². The Morgan fingerprint density at radius 2 is 0.649 bits per heavy atom. The van der Waals surface area contributed by atoms with E-state index < -0.39 is 6.10 Å². The van der Waals surface area contributed by atoms with E-state index in [9.17, 15) is 14.4 Å². The maximum absolute atomic E-state index is 12.7. The van der Waals surface area contributed by atoms with Gasteiger partial charge in [0.15, 0.2) is 6.10 Å². The van der Waals surface area contributed by atoms with Gasteiger partial charge in [-0.1, -0.05) is 198 Å². The molecule has 1 unspecified atom stereocenters. The largest absolute Gasteiger partial charge is 0.462 e. The molecule has 0 rings (SSSR count). The first kappa shape index (κ1) is 54.6. The highest BCUT2D eigenvalue weighted by Crippen LogP contribution is 2.14. The van der Waals surface area contributed by atoms with Crippen molar-refractivity contribution in [2.45, 2.75) is 258 Å². The maximum Gasteiger partial charge on any atom is 0.306 e. The Morgan fingerprint density at radius 3 is 1.05 bits per heavy atom. The number of carbonyl (C=O) groups excluding carboxylic acids is 3. The third-order valence-corrected chi connectivity index (χ3v) is 10.6. The highest BCUT2D eigenvalue weighted by Gasteiger charge is 2.19. The summed E-state index contributed by atoms with van der Waals surface area (Å²) in [5.41, 5.74) is 0. The van der Waals surface area contributed by atoms with Crippen LogP contribution < -0.4 is 0 Å². The Hall–Kier alpha value is -2.37. The summed E-state index contributed by atoms with van der Waals surface area (Å²) in [6, 6.07) is 0. The molecular formula is C51H92O6. The lowest BCUT2D eigenvalue weighted by atomic mass is 10.1. The summed E-state index contributed by atoms with van der Waals surface area (Å²) >= 11 is 0. The first-order chi connectivity index (χ1) is 28.0. The number of ether oxygens (including phenoxy) is 3. The highest BCUT2D eigenvalue weighted by molar-refractivity contribution is 5.71. The lowest BCUT2D eigenvalue weighted by molar-refractivity contribution is -0.167. The van der Waals surface area contributed by atoms with Crippen molar-refractivity contribution in [3.05, 3.63) is 36.5 Å². The van der Waals surface area contributed by atoms with Crippen LogP contribution in [0.25, 0.3) is 0 Å². The summed E-state index contributed by atoms with van der Waals surface area (Å²) < 4.78 is 16.7. The zero-order chi connectivity index (χ0) is 41.5. The lowest BCUT2D eigenvalue weighted by Gasteiger charge is -2.18. The maximum atomic E-state index is 12.7. The van der Waals surface area contributed by atoms with Crippen molar-refractivity contribution in [2.24, 2.45) is 0 Å². The molecular weight excluding hydrogens is 709 g/mol. The molecule has 0 bridgehead atoms. The molecule has 0 spiro atoms. The van der Waals surface area contributed by atoms with Crippen LogP contribution in [0.1, 0.15) is 252 Å². The average Bonchev–Trinajstić information content (AvgIpc) is 3.21. The molecule has 6 heteroatoms. The van der Waals surface area contributed by atoms with Crippen molar-refractivity contribution in [1.29, 1.82) is 0 Å². The molecule has 57 heavy (non-hydrogen) atoms. The number of esters is 3. The summed E-state index contributed by atoms with van der Waals surface area (Å²) in [5.74, 6) is -0.891. The van der Waals surface area contributed by atoms with Crippen LogP contribution in [0.4, 0.5) is 0 Å². The summed E-state index contributed by atoms with van der Waals surface area (Å²) in [7, 11) is 0. The molecule has 0 aromatic carbocycles. The zero-order valence-electron chi connectivity index (χ0n) is 37.9. The molecule has 0 saturated carbocycles. The van der Waals surface area contributed by atoms with E-state index in [0.717, 1.165) is 83.5 Å². The van der Waals surface area contributed by atoms with Crippen LogP contribution in [-0.2, 0) is 28.6 Å². The Bertz CT molecular complexity index is 969. The van der Waals surface area contributed by atoms with Crippen LogP contribution in [0.2, 0.25) is 0 Å². The lowest BCUT2D eigenvalue weighted by Crippen LogP contribution is -2.30. The smallest absolute Gasteiger partial charge is 0.306 e. The Balaban J connectivity index is 4.31. The SMILES string of the molecule is CCCC/C=C\CCCCCCCC(=O)OC(COC(=O)CCCCCCCCC/C=C\C/C=C\CCCCCC)COC(=O)CCCCCCCCCCCC. The highest BCUT2D eigenvalue weighted by atomic mass is 16.6. The summed E-state index contributed by atoms with van der Waals surface area (Å²) in [6.45, 7) is 6.56. The molecule has 0 radical (unpaired) electrons. The van der Waals surface area contributed by atoms with E-state index in [4.69, 9.17) is 14.2 Å². The van der Waals surface area contributed by atoms with Gasteiger partial charge in [-0.05, 0) is 70.6 Å². The van der Waals surface area contributed by atoms with Gasteiger partial charge in [0, 0.05) is 19.3 Å². The zero-order valence-corrected chi connectivity index (χ0v) is 37.9. The van der Waals surface area contributed by atoms with Crippen LogP contribution in [0.3, 0.4) is 0 Å². The van der Waals surface area contributed by atoms with Crippen LogP contribution in [0.5, 0.6) is 0 Å². The first-order valence-electron chi connectivity index (χ1n) is 24.5. The monoisotopic (exact) mass is 801 g/mol. The minimum absolute atomic E-state index is 0.0760. The van der Waals surface area contributed by atoms with Gasteiger partial charge >= 0.3 is 17.9 Å². The molecule has 1 atom stereocenters. The molecule has 0 aliphatic carbocycles. The molecule has 0 aromatic heterocycles. The number of rotatable bonds is 44. The van der Waals surface area contributed by atoms with Gasteiger partial charge in [0.05, 0.1) is 0 Å². The molecule has 0 heterocycles. The standard InChI is InChI=1S/C51H92O6/c1-4-7-10-13-16-19-22-23-24-25-26-27-28-30-32-35-38-41-44-50(53)56-47-48(46-55-49(52)43-40-37-34-31-21-18-15-12-9-6-3)57-51(54)45-42-39-36-33-29-20-17-14-11-8-5-2/h14,17,19,22,24-25,48H,4-13,15-16,18,20-21,23,26-47H2,1-3H3/b17-14-,22-19-,25-24-. The normalized spacial score (nSPS) is 12.3. The van der Waals surface area contributed by atoms with Crippen molar-refractivity contribution in [2.75, 3.05) is 13.2 Å². The minimum Gasteiger partial charge on any atom is -0.462 e. The van der Waals surface area contributed by atoms with Crippen LogP contribution in [0, 0.1) is 0 Å².